The molecule has 2 N–H and O–H groups in total. The number of carbonyl (C=O) groups is 1. The number of furan rings is 1. The van der Waals surface area contributed by atoms with Gasteiger partial charge in [0.05, 0.1) is 18.1 Å². The minimum Gasteiger partial charge on any atom is -0.467 e. The van der Waals surface area contributed by atoms with Crippen LogP contribution in [0, 0.1) is 0 Å². The Kier molecular flexibility index (Phi) is 5.14. The standard InChI is InChI=1S/C19H22N6O4S/c1-10(14(26)13-15(20)23(2)19(28)24(3)17(13)27)30-18-22-21-16(11-6-7-11)25(18)9-12-5-4-8-29-12/h4-5,8,10-11H,6-7,9,20H2,1-3H3. The van der Waals surface area contributed by atoms with E-state index in [1.165, 1.54) is 25.9 Å². The molecule has 0 aromatic carbocycles. The van der Waals surface area contributed by atoms with Crippen molar-refractivity contribution >= 4 is 23.4 Å². The number of thioether (sulfide) groups is 1. The summed E-state index contributed by atoms with van der Waals surface area (Å²) in [6.07, 6.45) is 3.72. The van der Waals surface area contributed by atoms with Gasteiger partial charge in [-0.1, -0.05) is 11.8 Å². The van der Waals surface area contributed by atoms with Gasteiger partial charge in [-0.05, 0) is 31.9 Å². The van der Waals surface area contributed by atoms with Crippen molar-refractivity contribution in [3.63, 3.8) is 0 Å². The summed E-state index contributed by atoms with van der Waals surface area (Å²) in [5, 5.41) is 8.50. The molecule has 0 spiro atoms. The maximum absolute atomic E-state index is 13.1. The topological polar surface area (TPSA) is 131 Å². The van der Waals surface area contributed by atoms with Crippen molar-refractivity contribution in [3.8, 4) is 0 Å². The highest BCUT2D eigenvalue weighted by molar-refractivity contribution is 8.00. The van der Waals surface area contributed by atoms with Gasteiger partial charge in [0.15, 0.2) is 10.9 Å². The number of aromatic nitrogens is 5. The Morgan fingerprint density at radius 2 is 2.03 bits per heavy atom. The third-order valence-electron chi connectivity index (χ3n) is 5.19. The molecule has 30 heavy (non-hydrogen) atoms. The number of anilines is 1. The van der Waals surface area contributed by atoms with Gasteiger partial charge in [0.25, 0.3) is 5.56 Å². The van der Waals surface area contributed by atoms with E-state index in [1.807, 2.05) is 16.7 Å². The van der Waals surface area contributed by atoms with Crippen LogP contribution in [0.4, 0.5) is 5.82 Å². The van der Waals surface area contributed by atoms with Crippen LogP contribution in [0.3, 0.4) is 0 Å². The number of ketones is 1. The maximum atomic E-state index is 13.1. The fourth-order valence-corrected chi connectivity index (χ4v) is 4.16. The maximum Gasteiger partial charge on any atom is 0.332 e. The van der Waals surface area contributed by atoms with Crippen molar-refractivity contribution in [1.82, 2.24) is 23.9 Å². The number of hydrogen-bond acceptors (Lipinski definition) is 8. The summed E-state index contributed by atoms with van der Waals surface area (Å²) in [5.41, 5.74) is 4.45. The Hall–Kier alpha value is -3.08. The van der Waals surface area contributed by atoms with Gasteiger partial charge in [-0.15, -0.1) is 10.2 Å². The first-order valence-electron chi connectivity index (χ1n) is 9.51. The molecule has 0 amide bonds. The van der Waals surface area contributed by atoms with Gasteiger partial charge in [-0.25, -0.2) is 4.79 Å². The molecule has 4 rings (SSSR count). The first-order valence-corrected chi connectivity index (χ1v) is 10.4. The highest BCUT2D eigenvalue weighted by Crippen LogP contribution is 2.40. The van der Waals surface area contributed by atoms with Crippen LogP contribution >= 0.6 is 11.8 Å². The van der Waals surface area contributed by atoms with Crippen molar-refractivity contribution in [2.45, 2.75) is 42.6 Å². The first kappa shape index (κ1) is 20.2. The van der Waals surface area contributed by atoms with Crippen LogP contribution in [0.1, 0.15) is 47.6 Å². The van der Waals surface area contributed by atoms with Crippen molar-refractivity contribution < 1.29 is 9.21 Å². The summed E-state index contributed by atoms with van der Waals surface area (Å²) in [6.45, 7) is 2.14. The van der Waals surface area contributed by atoms with Gasteiger partial charge in [0, 0.05) is 20.0 Å². The fraction of sp³-hybridized carbons (Fsp3) is 0.421. The fourth-order valence-electron chi connectivity index (χ4n) is 3.24. The van der Waals surface area contributed by atoms with Gasteiger partial charge in [0.2, 0.25) is 0 Å². The van der Waals surface area contributed by atoms with E-state index in [0.717, 1.165) is 33.6 Å². The van der Waals surface area contributed by atoms with Crippen LogP contribution in [0.2, 0.25) is 0 Å². The van der Waals surface area contributed by atoms with Crippen molar-refractivity contribution in [2.24, 2.45) is 14.1 Å². The molecule has 1 saturated carbocycles. The number of nitrogens with two attached hydrogens (primary N) is 1. The van der Waals surface area contributed by atoms with Crippen LogP contribution in [0.5, 0.6) is 0 Å². The minimum absolute atomic E-state index is 0.142. The molecule has 1 aliphatic rings. The zero-order chi connectivity index (χ0) is 21.6. The lowest BCUT2D eigenvalue weighted by atomic mass is 10.1. The number of nitrogens with zero attached hydrogens (tertiary/aromatic N) is 5. The van der Waals surface area contributed by atoms with Gasteiger partial charge >= 0.3 is 5.69 Å². The van der Waals surface area contributed by atoms with E-state index in [0.29, 0.717) is 17.6 Å². The molecule has 3 aromatic heterocycles. The SMILES string of the molecule is CC(Sc1nnc(C2CC2)n1Cc1ccco1)C(=O)c1c(N)n(C)c(=O)n(C)c1=O. The molecule has 0 radical (unpaired) electrons. The number of rotatable bonds is 7. The minimum atomic E-state index is -0.705. The molecule has 10 nitrogen and oxygen atoms in total. The lowest BCUT2D eigenvalue weighted by Crippen LogP contribution is -2.42. The molecular formula is C19H22N6O4S. The lowest BCUT2D eigenvalue weighted by Gasteiger charge is -2.15. The summed E-state index contributed by atoms with van der Waals surface area (Å²) >= 11 is 1.20. The van der Waals surface area contributed by atoms with Gasteiger partial charge < -0.3 is 10.2 Å². The van der Waals surface area contributed by atoms with Gasteiger partial charge in [-0.3, -0.25) is 23.3 Å². The van der Waals surface area contributed by atoms with E-state index in [4.69, 9.17) is 10.2 Å². The number of hydrogen-bond donors (Lipinski definition) is 1. The molecule has 0 bridgehead atoms. The van der Waals surface area contributed by atoms with E-state index in [1.54, 1.807) is 13.2 Å². The van der Waals surface area contributed by atoms with E-state index in [-0.39, 0.29) is 11.4 Å². The Labute approximate surface area is 175 Å². The molecule has 3 heterocycles. The monoisotopic (exact) mass is 430 g/mol. The Morgan fingerprint density at radius 3 is 2.67 bits per heavy atom. The predicted molar refractivity (Wildman–Crippen MR) is 111 cm³/mol. The summed E-state index contributed by atoms with van der Waals surface area (Å²) in [4.78, 5) is 37.6. The van der Waals surface area contributed by atoms with E-state index >= 15 is 0 Å². The van der Waals surface area contributed by atoms with E-state index in [9.17, 15) is 14.4 Å². The molecule has 11 heteroatoms. The zero-order valence-electron chi connectivity index (χ0n) is 16.9. The molecule has 1 atom stereocenters. The molecule has 3 aromatic rings. The smallest absolute Gasteiger partial charge is 0.332 e. The lowest BCUT2D eigenvalue weighted by molar-refractivity contribution is 0.0992. The number of Topliss-reactive ketones (excluding diaryl/α,β-unsaturated/α-hetero) is 1. The summed E-state index contributed by atoms with van der Waals surface area (Å²) < 4.78 is 9.39. The first-order chi connectivity index (χ1) is 14.3. The Morgan fingerprint density at radius 1 is 1.30 bits per heavy atom. The molecule has 1 fully saturated rings. The zero-order valence-corrected chi connectivity index (χ0v) is 17.7. The van der Waals surface area contributed by atoms with E-state index < -0.39 is 22.3 Å². The molecular weight excluding hydrogens is 408 g/mol. The number of nitrogen functional groups attached to an aromatic ring is 1. The molecule has 1 aliphatic carbocycles. The third kappa shape index (κ3) is 3.49. The highest BCUT2D eigenvalue weighted by Gasteiger charge is 2.32. The quantitative estimate of drug-likeness (QED) is 0.436. The second-order valence-corrected chi connectivity index (χ2v) is 8.68. The highest BCUT2D eigenvalue weighted by atomic mass is 32.2. The summed E-state index contributed by atoms with van der Waals surface area (Å²) in [7, 11) is 2.74. The van der Waals surface area contributed by atoms with Gasteiger partial charge in [0.1, 0.15) is 23.0 Å². The molecule has 1 unspecified atom stereocenters. The number of carbonyl (C=O) groups excluding carboxylic acids is 1. The van der Waals surface area contributed by atoms with Crippen LogP contribution in [0.15, 0.2) is 37.6 Å². The van der Waals surface area contributed by atoms with Crippen LogP contribution in [-0.2, 0) is 20.6 Å². The summed E-state index contributed by atoms with van der Waals surface area (Å²) in [5.74, 6) is 1.38. The molecule has 158 valence electrons. The van der Waals surface area contributed by atoms with Crippen molar-refractivity contribution in [3.05, 3.63) is 56.4 Å². The summed E-state index contributed by atoms with van der Waals surface area (Å²) in [6, 6.07) is 3.68. The third-order valence-corrected chi connectivity index (χ3v) is 6.27. The predicted octanol–water partition coefficient (Wildman–Crippen LogP) is 1.14. The molecule has 0 saturated heterocycles. The average molecular weight is 430 g/mol. The van der Waals surface area contributed by atoms with E-state index in [2.05, 4.69) is 10.2 Å². The van der Waals surface area contributed by atoms with Gasteiger partial charge in [-0.2, -0.15) is 0 Å². The van der Waals surface area contributed by atoms with Crippen LogP contribution in [-0.4, -0.2) is 34.9 Å². The second kappa shape index (κ2) is 7.63. The normalized spacial score (nSPS) is 14.8. The Bertz CT molecular complexity index is 1220. The average Bonchev–Trinajstić information content (AvgIpc) is 3.30. The van der Waals surface area contributed by atoms with Crippen molar-refractivity contribution in [2.75, 3.05) is 5.73 Å². The van der Waals surface area contributed by atoms with Crippen molar-refractivity contribution in [1.29, 1.82) is 0 Å². The molecule has 0 aliphatic heterocycles. The van der Waals surface area contributed by atoms with Crippen LogP contribution < -0.4 is 17.0 Å². The second-order valence-electron chi connectivity index (χ2n) is 7.37. The Balaban J connectivity index is 1.65. The largest absolute Gasteiger partial charge is 0.467 e. The van der Waals surface area contributed by atoms with Crippen LogP contribution in [0.25, 0.3) is 0 Å².